The van der Waals surface area contributed by atoms with Gasteiger partial charge in [-0.25, -0.2) is 9.97 Å². The van der Waals surface area contributed by atoms with Crippen molar-refractivity contribution in [1.29, 1.82) is 0 Å². The molecule has 1 heterocycles. The normalized spacial score (nSPS) is 27.0. The number of para-hydroxylation sites is 3. The van der Waals surface area contributed by atoms with Crippen molar-refractivity contribution in [2.45, 2.75) is 51.4 Å². The quantitative estimate of drug-likeness (QED) is 0.697. The van der Waals surface area contributed by atoms with E-state index in [1.165, 1.54) is 0 Å². The Kier molecular flexibility index (Phi) is 3.35. The molecule has 0 aliphatic heterocycles. The third-order valence-electron chi connectivity index (χ3n) is 7.72. The van der Waals surface area contributed by atoms with Gasteiger partial charge in [0.1, 0.15) is 0 Å². The standard InChI is InChI=1S/C24H25N3O/c1-15-9-5-6-10-16(15)27-21(28)24-14-13-23(4,22(24,2)3)19-20(24)26-18-12-8-7-11-17(18)25-19/h5-12H,13-14H2,1-4H3,(H,27,28)/t23-,24+/m1/s1. The number of aryl methyl sites for hydroxylation is 1. The largest absolute Gasteiger partial charge is 0.325 e. The summed E-state index contributed by atoms with van der Waals surface area (Å²) in [5, 5.41) is 3.23. The van der Waals surface area contributed by atoms with E-state index in [0.29, 0.717) is 0 Å². The van der Waals surface area contributed by atoms with Gasteiger partial charge in [-0.05, 0) is 48.9 Å². The average Bonchev–Trinajstić information content (AvgIpc) is 2.98. The van der Waals surface area contributed by atoms with E-state index in [2.05, 4.69) is 26.1 Å². The Morgan fingerprint density at radius 3 is 2.18 bits per heavy atom. The molecule has 28 heavy (non-hydrogen) atoms. The summed E-state index contributed by atoms with van der Waals surface area (Å²) in [5.41, 5.74) is 4.46. The number of nitrogens with one attached hydrogen (secondary N) is 1. The topological polar surface area (TPSA) is 54.9 Å². The predicted octanol–water partition coefficient (Wildman–Crippen LogP) is 4.91. The van der Waals surface area contributed by atoms with Crippen LogP contribution in [0.2, 0.25) is 0 Å². The van der Waals surface area contributed by atoms with Crippen LogP contribution in [-0.2, 0) is 15.6 Å². The van der Waals surface area contributed by atoms with Gasteiger partial charge in [0.15, 0.2) is 0 Å². The number of hydrogen-bond acceptors (Lipinski definition) is 3. The van der Waals surface area contributed by atoms with E-state index in [-0.39, 0.29) is 16.7 Å². The van der Waals surface area contributed by atoms with Gasteiger partial charge in [-0.15, -0.1) is 0 Å². The summed E-state index contributed by atoms with van der Waals surface area (Å²) in [6, 6.07) is 15.9. The summed E-state index contributed by atoms with van der Waals surface area (Å²) in [5.74, 6) is 0.0406. The molecule has 1 aromatic heterocycles. The number of amides is 1. The van der Waals surface area contributed by atoms with E-state index in [9.17, 15) is 4.79 Å². The minimum absolute atomic E-state index is 0.0406. The monoisotopic (exact) mass is 371 g/mol. The van der Waals surface area contributed by atoms with Gasteiger partial charge in [-0.1, -0.05) is 51.1 Å². The minimum Gasteiger partial charge on any atom is -0.325 e. The first-order chi connectivity index (χ1) is 13.3. The summed E-state index contributed by atoms with van der Waals surface area (Å²) in [6.07, 6.45) is 1.75. The van der Waals surface area contributed by atoms with Crippen LogP contribution in [0.25, 0.3) is 11.0 Å². The van der Waals surface area contributed by atoms with Crippen molar-refractivity contribution < 1.29 is 4.79 Å². The first kappa shape index (κ1) is 17.4. The van der Waals surface area contributed by atoms with Crippen LogP contribution < -0.4 is 5.32 Å². The zero-order valence-electron chi connectivity index (χ0n) is 16.8. The van der Waals surface area contributed by atoms with Gasteiger partial charge in [0.05, 0.1) is 27.8 Å². The molecule has 2 bridgehead atoms. The Morgan fingerprint density at radius 1 is 0.893 bits per heavy atom. The van der Waals surface area contributed by atoms with E-state index in [1.54, 1.807) is 0 Å². The number of nitrogens with zero attached hydrogens (tertiary/aromatic N) is 2. The lowest BCUT2D eigenvalue weighted by molar-refractivity contribution is -0.125. The fraction of sp³-hybridized carbons (Fsp3) is 0.375. The van der Waals surface area contributed by atoms with Crippen molar-refractivity contribution >= 4 is 22.6 Å². The second kappa shape index (κ2) is 5.40. The summed E-state index contributed by atoms with van der Waals surface area (Å²) in [7, 11) is 0. The fourth-order valence-corrected chi connectivity index (χ4v) is 5.49. The Balaban J connectivity index is 1.72. The van der Waals surface area contributed by atoms with Crippen LogP contribution in [0.4, 0.5) is 5.69 Å². The molecule has 0 radical (unpaired) electrons. The lowest BCUT2D eigenvalue weighted by Crippen LogP contribution is -2.48. The van der Waals surface area contributed by atoms with E-state index in [0.717, 1.165) is 46.5 Å². The molecule has 2 aromatic carbocycles. The maximum Gasteiger partial charge on any atom is 0.237 e. The highest BCUT2D eigenvalue weighted by molar-refractivity contribution is 6.02. The van der Waals surface area contributed by atoms with Gasteiger partial charge in [0.25, 0.3) is 0 Å². The van der Waals surface area contributed by atoms with E-state index in [1.807, 2.05) is 55.5 Å². The molecule has 1 amide bonds. The average molecular weight is 371 g/mol. The number of hydrogen-bond donors (Lipinski definition) is 1. The Morgan fingerprint density at radius 2 is 1.50 bits per heavy atom. The molecule has 0 spiro atoms. The smallest absolute Gasteiger partial charge is 0.237 e. The van der Waals surface area contributed by atoms with Gasteiger partial charge in [-0.3, -0.25) is 4.79 Å². The number of carbonyl (C=O) groups is 1. The molecule has 4 heteroatoms. The van der Waals surface area contributed by atoms with Gasteiger partial charge in [-0.2, -0.15) is 0 Å². The molecular weight excluding hydrogens is 346 g/mol. The van der Waals surface area contributed by atoms with Crippen LogP contribution in [0.5, 0.6) is 0 Å². The maximum atomic E-state index is 13.8. The molecule has 0 unspecified atom stereocenters. The van der Waals surface area contributed by atoms with Crippen molar-refractivity contribution in [3.8, 4) is 0 Å². The number of fused-ring (bicyclic) bond motifs is 6. The molecule has 5 rings (SSSR count). The molecule has 3 aromatic rings. The maximum absolute atomic E-state index is 13.8. The van der Waals surface area contributed by atoms with Gasteiger partial charge < -0.3 is 5.32 Å². The zero-order valence-corrected chi connectivity index (χ0v) is 16.8. The summed E-state index contributed by atoms with van der Waals surface area (Å²) < 4.78 is 0. The molecule has 2 atom stereocenters. The van der Waals surface area contributed by atoms with Gasteiger partial charge >= 0.3 is 0 Å². The van der Waals surface area contributed by atoms with Crippen molar-refractivity contribution in [3.05, 3.63) is 65.5 Å². The van der Waals surface area contributed by atoms with Crippen LogP contribution in [-0.4, -0.2) is 15.9 Å². The molecule has 0 saturated heterocycles. The van der Waals surface area contributed by atoms with Crippen molar-refractivity contribution in [2.24, 2.45) is 5.41 Å². The highest BCUT2D eigenvalue weighted by atomic mass is 16.2. The zero-order chi connectivity index (χ0) is 19.7. The Hall–Kier alpha value is -2.75. The molecule has 2 aliphatic carbocycles. The lowest BCUT2D eigenvalue weighted by Gasteiger charge is -2.39. The second-order valence-corrected chi connectivity index (χ2v) is 9.04. The SMILES string of the molecule is Cc1ccccc1NC(=O)[C@]12CC[C@](C)(c3nc4ccccc4nc31)C2(C)C. The predicted molar refractivity (Wildman–Crippen MR) is 111 cm³/mol. The molecule has 1 saturated carbocycles. The van der Waals surface area contributed by atoms with Crippen LogP contribution in [0.15, 0.2) is 48.5 Å². The third-order valence-corrected chi connectivity index (χ3v) is 7.72. The van der Waals surface area contributed by atoms with Gasteiger partial charge in [0.2, 0.25) is 5.91 Å². The molecule has 1 N–H and O–H groups in total. The Bertz CT molecular complexity index is 1140. The summed E-state index contributed by atoms with van der Waals surface area (Å²) in [6.45, 7) is 8.70. The molecule has 142 valence electrons. The number of benzene rings is 2. The van der Waals surface area contributed by atoms with Crippen LogP contribution in [0.3, 0.4) is 0 Å². The highest BCUT2D eigenvalue weighted by Gasteiger charge is 2.73. The number of rotatable bonds is 2. The minimum atomic E-state index is -0.670. The summed E-state index contributed by atoms with van der Waals surface area (Å²) in [4.78, 5) is 23.9. The molecule has 4 nitrogen and oxygen atoms in total. The fourth-order valence-electron chi connectivity index (χ4n) is 5.49. The van der Waals surface area contributed by atoms with E-state index >= 15 is 0 Å². The second-order valence-electron chi connectivity index (χ2n) is 9.04. The molecular formula is C24H25N3O. The van der Waals surface area contributed by atoms with Gasteiger partial charge in [0, 0.05) is 11.1 Å². The lowest BCUT2D eigenvalue weighted by atomic mass is 9.63. The number of carbonyl (C=O) groups excluding carboxylic acids is 1. The first-order valence-electron chi connectivity index (χ1n) is 9.96. The Labute approximate surface area is 165 Å². The van der Waals surface area contributed by atoms with E-state index in [4.69, 9.17) is 9.97 Å². The third kappa shape index (κ3) is 1.88. The van der Waals surface area contributed by atoms with Crippen LogP contribution >= 0.6 is 0 Å². The van der Waals surface area contributed by atoms with Crippen molar-refractivity contribution in [1.82, 2.24) is 9.97 Å². The molecule has 2 aliphatic rings. The summed E-state index contributed by atoms with van der Waals surface area (Å²) >= 11 is 0. The van der Waals surface area contributed by atoms with E-state index < -0.39 is 5.41 Å². The van der Waals surface area contributed by atoms with Crippen LogP contribution in [0, 0.1) is 12.3 Å². The number of aromatic nitrogens is 2. The van der Waals surface area contributed by atoms with Crippen molar-refractivity contribution in [3.63, 3.8) is 0 Å². The van der Waals surface area contributed by atoms with Crippen molar-refractivity contribution in [2.75, 3.05) is 5.32 Å². The van der Waals surface area contributed by atoms with Crippen LogP contribution in [0.1, 0.15) is 50.6 Å². The first-order valence-corrected chi connectivity index (χ1v) is 9.96. The highest BCUT2D eigenvalue weighted by Crippen LogP contribution is 2.70. The number of anilines is 1. The molecule has 1 fully saturated rings.